The van der Waals surface area contributed by atoms with Crippen molar-refractivity contribution in [3.63, 3.8) is 0 Å². The van der Waals surface area contributed by atoms with Gasteiger partial charge in [-0.1, -0.05) is 6.07 Å². The lowest BCUT2D eigenvalue weighted by Crippen LogP contribution is -2.37. The van der Waals surface area contributed by atoms with Gasteiger partial charge in [0.25, 0.3) is 0 Å². The molecule has 0 aromatic carbocycles. The van der Waals surface area contributed by atoms with E-state index in [4.69, 9.17) is 0 Å². The number of anilines is 1. The first-order chi connectivity index (χ1) is 12.3. The highest BCUT2D eigenvalue weighted by Crippen LogP contribution is 2.17. The van der Waals surface area contributed by atoms with Crippen LogP contribution in [0, 0.1) is 0 Å². The predicted molar refractivity (Wildman–Crippen MR) is 114 cm³/mol. The quantitative estimate of drug-likeness (QED) is 0.380. The number of hydrogen-bond acceptors (Lipinski definition) is 5. The van der Waals surface area contributed by atoms with Crippen molar-refractivity contribution in [1.82, 2.24) is 30.4 Å². The summed E-state index contributed by atoms with van der Waals surface area (Å²) in [7, 11) is 1.88. The standard InChI is InChI=1S/C17H26N8.HI/c1-3-18-17(21-12-16-22-13-23-24(16)2)20-11-14-6-7-15(19-10-14)25-8-4-5-9-25;/h6-7,10,13H,3-5,8-9,11-12H2,1-2H3,(H2,18,20,21);1H. The van der Waals surface area contributed by atoms with E-state index in [9.17, 15) is 0 Å². The van der Waals surface area contributed by atoms with E-state index in [-0.39, 0.29) is 24.0 Å². The van der Waals surface area contributed by atoms with Crippen molar-refractivity contribution in [2.45, 2.75) is 32.9 Å². The molecule has 8 nitrogen and oxygen atoms in total. The monoisotopic (exact) mass is 470 g/mol. The van der Waals surface area contributed by atoms with Crippen molar-refractivity contribution in [3.8, 4) is 0 Å². The molecule has 2 N–H and O–H groups in total. The number of hydrogen-bond donors (Lipinski definition) is 2. The number of rotatable bonds is 6. The largest absolute Gasteiger partial charge is 0.357 e. The van der Waals surface area contributed by atoms with Gasteiger partial charge in [-0.3, -0.25) is 4.68 Å². The van der Waals surface area contributed by atoms with E-state index in [1.165, 1.54) is 12.8 Å². The third-order valence-electron chi connectivity index (χ3n) is 4.22. The molecule has 142 valence electrons. The molecule has 1 fully saturated rings. The van der Waals surface area contributed by atoms with Gasteiger partial charge in [0.2, 0.25) is 0 Å². The molecule has 0 atom stereocenters. The van der Waals surface area contributed by atoms with Crippen LogP contribution < -0.4 is 15.5 Å². The summed E-state index contributed by atoms with van der Waals surface area (Å²) in [5.74, 6) is 2.69. The molecule has 1 saturated heterocycles. The Labute approximate surface area is 171 Å². The zero-order chi connectivity index (χ0) is 17.5. The van der Waals surface area contributed by atoms with E-state index < -0.39 is 0 Å². The highest BCUT2D eigenvalue weighted by atomic mass is 127. The number of guanidine groups is 1. The summed E-state index contributed by atoms with van der Waals surface area (Å²) in [5.41, 5.74) is 1.10. The van der Waals surface area contributed by atoms with E-state index in [2.05, 4.69) is 47.7 Å². The topological polar surface area (TPSA) is 83.3 Å². The number of aryl methyl sites for hydroxylation is 1. The summed E-state index contributed by atoms with van der Waals surface area (Å²) in [6, 6.07) is 4.20. The SMILES string of the molecule is CCNC(=NCc1ccc(N2CCCC2)nc1)NCc1ncnn1C.I. The molecular formula is C17H27IN8. The Morgan fingerprint density at radius 3 is 2.62 bits per heavy atom. The highest BCUT2D eigenvalue weighted by molar-refractivity contribution is 14.0. The molecule has 1 aliphatic heterocycles. The first-order valence-electron chi connectivity index (χ1n) is 8.81. The van der Waals surface area contributed by atoms with Gasteiger partial charge < -0.3 is 15.5 Å². The molecule has 0 bridgehead atoms. The Hall–Kier alpha value is -1.91. The molecule has 0 spiro atoms. The first-order valence-corrected chi connectivity index (χ1v) is 8.81. The molecule has 3 heterocycles. The Morgan fingerprint density at radius 2 is 2.00 bits per heavy atom. The van der Waals surface area contributed by atoms with Crippen molar-refractivity contribution in [3.05, 3.63) is 36.0 Å². The summed E-state index contributed by atoms with van der Waals surface area (Å²) in [5, 5.41) is 10.6. The summed E-state index contributed by atoms with van der Waals surface area (Å²) < 4.78 is 1.75. The third kappa shape index (κ3) is 5.55. The van der Waals surface area contributed by atoms with Crippen LogP contribution in [0.25, 0.3) is 0 Å². The number of aromatic nitrogens is 4. The van der Waals surface area contributed by atoms with Crippen LogP contribution in [0.3, 0.4) is 0 Å². The summed E-state index contributed by atoms with van der Waals surface area (Å²) in [4.78, 5) is 15.7. The zero-order valence-corrected chi connectivity index (χ0v) is 17.7. The second-order valence-corrected chi connectivity index (χ2v) is 6.07. The first kappa shape index (κ1) is 20.4. The molecule has 0 aliphatic carbocycles. The lowest BCUT2D eigenvalue weighted by Gasteiger charge is -2.16. The molecule has 3 rings (SSSR count). The fraction of sp³-hybridized carbons (Fsp3) is 0.529. The zero-order valence-electron chi connectivity index (χ0n) is 15.4. The summed E-state index contributed by atoms with van der Waals surface area (Å²) >= 11 is 0. The van der Waals surface area contributed by atoms with Crippen LogP contribution in [-0.2, 0) is 20.1 Å². The Balaban J connectivity index is 0.00000243. The minimum atomic E-state index is 0. The highest BCUT2D eigenvalue weighted by Gasteiger charge is 2.12. The maximum absolute atomic E-state index is 4.62. The third-order valence-corrected chi connectivity index (χ3v) is 4.22. The Morgan fingerprint density at radius 1 is 1.19 bits per heavy atom. The van der Waals surface area contributed by atoms with Gasteiger partial charge in [-0.05, 0) is 31.4 Å². The van der Waals surface area contributed by atoms with Crippen LogP contribution in [0.1, 0.15) is 31.2 Å². The number of pyridine rings is 1. The normalized spacial score (nSPS) is 14.2. The smallest absolute Gasteiger partial charge is 0.191 e. The van der Waals surface area contributed by atoms with Crippen LogP contribution in [-0.4, -0.2) is 45.3 Å². The molecule has 9 heteroatoms. The predicted octanol–water partition coefficient (Wildman–Crippen LogP) is 1.68. The molecule has 2 aromatic rings. The molecule has 2 aromatic heterocycles. The van der Waals surface area contributed by atoms with Gasteiger partial charge in [0.1, 0.15) is 18.0 Å². The maximum atomic E-state index is 4.62. The van der Waals surface area contributed by atoms with Crippen molar-refractivity contribution < 1.29 is 0 Å². The van der Waals surface area contributed by atoms with Gasteiger partial charge in [-0.25, -0.2) is 15.0 Å². The second kappa shape index (κ2) is 10.3. The van der Waals surface area contributed by atoms with Crippen LogP contribution in [0.5, 0.6) is 0 Å². The van der Waals surface area contributed by atoms with E-state index in [0.29, 0.717) is 13.1 Å². The van der Waals surface area contributed by atoms with Crippen LogP contribution in [0.2, 0.25) is 0 Å². The molecular weight excluding hydrogens is 443 g/mol. The fourth-order valence-electron chi connectivity index (χ4n) is 2.80. The maximum Gasteiger partial charge on any atom is 0.191 e. The van der Waals surface area contributed by atoms with Gasteiger partial charge >= 0.3 is 0 Å². The van der Waals surface area contributed by atoms with Crippen LogP contribution in [0.4, 0.5) is 5.82 Å². The van der Waals surface area contributed by atoms with Crippen molar-refractivity contribution in [2.75, 3.05) is 24.5 Å². The van der Waals surface area contributed by atoms with Crippen LogP contribution >= 0.6 is 24.0 Å². The van der Waals surface area contributed by atoms with Gasteiger partial charge in [0.05, 0.1) is 13.1 Å². The molecule has 0 unspecified atom stereocenters. The molecule has 26 heavy (non-hydrogen) atoms. The number of halogens is 1. The van der Waals surface area contributed by atoms with Gasteiger partial charge in [0, 0.05) is 32.9 Å². The average Bonchev–Trinajstić information content (AvgIpc) is 3.30. The number of nitrogens with zero attached hydrogens (tertiary/aromatic N) is 6. The van der Waals surface area contributed by atoms with Crippen molar-refractivity contribution in [1.29, 1.82) is 0 Å². The summed E-state index contributed by atoms with van der Waals surface area (Å²) in [6.45, 7) is 6.24. The average molecular weight is 470 g/mol. The molecule has 0 amide bonds. The number of nitrogens with one attached hydrogen (secondary N) is 2. The lowest BCUT2D eigenvalue weighted by molar-refractivity contribution is 0.673. The van der Waals surface area contributed by atoms with E-state index >= 15 is 0 Å². The van der Waals surface area contributed by atoms with Crippen molar-refractivity contribution >= 4 is 35.8 Å². The summed E-state index contributed by atoms with van der Waals surface area (Å²) in [6.07, 6.45) is 5.99. The fourth-order valence-corrected chi connectivity index (χ4v) is 2.80. The van der Waals surface area contributed by atoms with Gasteiger partial charge in [0.15, 0.2) is 5.96 Å². The second-order valence-electron chi connectivity index (χ2n) is 6.07. The molecule has 0 radical (unpaired) electrons. The van der Waals surface area contributed by atoms with E-state index in [0.717, 1.165) is 42.8 Å². The van der Waals surface area contributed by atoms with Crippen LogP contribution in [0.15, 0.2) is 29.6 Å². The van der Waals surface area contributed by atoms with E-state index in [1.807, 2.05) is 20.2 Å². The Bertz CT molecular complexity index is 691. The lowest BCUT2D eigenvalue weighted by atomic mass is 10.3. The minimum Gasteiger partial charge on any atom is -0.357 e. The number of aliphatic imine (C=N–C) groups is 1. The van der Waals surface area contributed by atoms with Gasteiger partial charge in [-0.15, -0.1) is 24.0 Å². The minimum absolute atomic E-state index is 0. The van der Waals surface area contributed by atoms with Crippen molar-refractivity contribution in [2.24, 2.45) is 12.0 Å². The van der Waals surface area contributed by atoms with E-state index in [1.54, 1.807) is 11.0 Å². The molecule has 1 aliphatic rings. The Kier molecular flexibility index (Phi) is 8.07. The molecule has 0 saturated carbocycles. The van der Waals surface area contributed by atoms with Gasteiger partial charge in [-0.2, -0.15) is 5.10 Å².